The van der Waals surface area contributed by atoms with Gasteiger partial charge in [-0.05, 0) is 44.9 Å². The molecular formula is C17H33N3O2. The molecule has 0 radical (unpaired) electrons. The van der Waals surface area contributed by atoms with Gasteiger partial charge < -0.3 is 19.7 Å². The summed E-state index contributed by atoms with van der Waals surface area (Å²) < 4.78 is 11.2. The fraction of sp³-hybridized carbons (Fsp3) is 0.941. The number of hydrogen-bond donors (Lipinski definition) is 1. The molecule has 0 aliphatic carbocycles. The zero-order valence-corrected chi connectivity index (χ0v) is 14.4. The van der Waals surface area contributed by atoms with Crippen molar-refractivity contribution < 1.29 is 9.47 Å². The van der Waals surface area contributed by atoms with E-state index in [1.165, 1.54) is 19.3 Å². The van der Waals surface area contributed by atoms with Gasteiger partial charge in [0, 0.05) is 39.4 Å². The average Bonchev–Trinajstić information content (AvgIpc) is 3.04. The lowest BCUT2D eigenvalue weighted by atomic mass is 10.00. The lowest BCUT2D eigenvalue weighted by molar-refractivity contribution is 0.0170. The molecule has 2 heterocycles. The van der Waals surface area contributed by atoms with Gasteiger partial charge in [0.05, 0.1) is 12.7 Å². The van der Waals surface area contributed by atoms with E-state index in [0.717, 1.165) is 70.7 Å². The highest BCUT2D eigenvalue weighted by Gasteiger charge is 2.18. The van der Waals surface area contributed by atoms with Crippen LogP contribution in [0.15, 0.2) is 4.99 Å². The van der Waals surface area contributed by atoms with Crippen molar-refractivity contribution in [3.8, 4) is 0 Å². The van der Waals surface area contributed by atoms with Crippen molar-refractivity contribution >= 4 is 5.96 Å². The van der Waals surface area contributed by atoms with Crippen LogP contribution in [-0.2, 0) is 9.47 Å². The minimum Gasteiger partial charge on any atom is -0.379 e. The van der Waals surface area contributed by atoms with E-state index in [1.54, 1.807) is 0 Å². The van der Waals surface area contributed by atoms with E-state index >= 15 is 0 Å². The third-order valence-corrected chi connectivity index (χ3v) is 4.45. The highest BCUT2D eigenvalue weighted by Crippen LogP contribution is 2.16. The molecule has 2 rings (SSSR count). The molecule has 2 saturated heterocycles. The lowest BCUT2D eigenvalue weighted by Crippen LogP contribution is -2.45. The van der Waals surface area contributed by atoms with Gasteiger partial charge in [0.25, 0.3) is 0 Å². The molecular weight excluding hydrogens is 278 g/mol. The molecule has 0 aromatic carbocycles. The van der Waals surface area contributed by atoms with Crippen molar-refractivity contribution in [2.24, 2.45) is 10.9 Å². The standard InChI is InChI=1S/C17H33N3O2/c1-3-18-17(20-10-7-15(2)8-11-20)19-9-5-12-21-14-16-6-4-13-22-16/h15-16H,3-14H2,1-2H3,(H,18,19). The van der Waals surface area contributed by atoms with Crippen molar-refractivity contribution in [3.63, 3.8) is 0 Å². The van der Waals surface area contributed by atoms with Crippen LogP contribution in [0, 0.1) is 5.92 Å². The van der Waals surface area contributed by atoms with Crippen LogP contribution >= 0.6 is 0 Å². The second-order valence-corrected chi connectivity index (χ2v) is 6.47. The van der Waals surface area contributed by atoms with Crippen LogP contribution in [0.25, 0.3) is 0 Å². The van der Waals surface area contributed by atoms with Crippen LogP contribution in [-0.4, -0.2) is 63.0 Å². The molecule has 2 fully saturated rings. The normalized spacial score (nSPS) is 24.0. The maximum atomic E-state index is 5.69. The first-order chi connectivity index (χ1) is 10.8. The number of ether oxygens (including phenoxy) is 2. The Hall–Kier alpha value is -0.810. The molecule has 0 amide bonds. The monoisotopic (exact) mass is 311 g/mol. The second kappa shape index (κ2) is 10.1. The fourth-order valence-electron chi connectivity index (χ4n) is 2.99. The molecule has 0 saturated carbocycles. The molecule has 2 aliphatic rings. The Morgan fingerprint density at radius 3 is 2.82 bits per heavy atom. The van der Waals surface area contributed by atoms with Gasteiger partial charge >= 0.3 is 0 Å². The molecule has 1 N–H and O–H groups in total. The zero-order chi connectivity index (χ0) is 15.6. The number of hydrogen-bond acceptors (Lipinski definition) is 3. The van der Waals surface area contributed by atoms with Crippen LogP contribution < -0.4 is 5.32 Å². The zero-order valence-electron chi connectivity index (χ0n) is 14.4. The molecule has 0 spiro atoms. The Morgan fingerprint density at radius 2 is 2.14 bits per heavy atom. The Bertz CT molecular complexity index is 322. The summed E-state index contributed by atoms with van der Waals surface area (Å²) in [7, 11) is 0. The Kier molecular flexibility index (Phi) is 8.02. The van der Waals surface area contributed by atoms with Gasteiger partial charge in [-0.2, -0.15) is 0 Å². The SMILES string of the molecule is CCNC(=NCCCOCC1CCCO1)N1CCC(C)CC1. The van der Waals surface area contributed by atoms with E-state index in [0.29, 0.717) is 6.10 Å². The van der Waals surface area contributed by atoms with E-state index in [4.69, 9.17) is 14.5 Å². The summed E-state index contributed by atoms with van der Waals surface area (Å²) in [6, 6.07) is 0. The van der Waals surface area contributed by atoms with Gasteiger partial charge in [0.2, 0.25) is 0 Å². The van der Waals surface area contributed by atoms with Crippen molar-refractivity contribution in [1.29, 1.82) is 0 Å². The van der Waals surface area contributed by atoms with Gasteiger partial charge in [-0.3, -0.25) is 4.99 Å². The van der Waals surface area contributed by atoms with Crippen LogP contribution in [0.1, 0.15) is 46.0 Å². The Labute approximate surface area is 135 Å². The molecule has 0 bridgehead atoms. The molecule has 2 aliphatic heterocycles. The summed E-state index contributed by atoms with van der Waals surface area (Å²) in [4.78, 5) is 7.15. The minimum absolute atomic E-state index is 0.330. The van der Waals surface area contributed by atoms with Gasteiger partial charge in [0.1, 0.15) is 0 Å². The number of rotatable bonds is 7. The Balaban J connectivity index is 1.62. The first kappa shape index (κ1) is 17.5. The fourth-order valence-corrected chi connectivity index (χ4v) is 2.99. The van der Waals surface area contributed by atoms with Crippen molar-refractivity contribution in [1.82, 2.24) is 10.2 Å². The van der Waals surface area contributed by atoms with E-state index in [2.05, 4.69) is 24.1 Å². The molecule has 5 heteroatoms. The number of guanidine groups is 1. The summed E-state index contributed by atoms with van der Waals surface area (Å²) in [5.41, 5.74) is 0. The summed E-state index contributed by atoms with van der Waals surface area (Å²) in [6.07, 6.45) is 6.18. The van der Waals surface area contributed by atoms with Gasteiger partial charge in [-0.25, -0.2) is 0 Å². The number of nitrogens with one attached hydrogen (secondary N) is 1. The van der Waals surface area contributed by atoms with E-state index < -0.39 is 0 Å². The number of likely N-dealkylation sites (tertiary alicyclic amines) is 1. The molecule has 0 aromatic rings. The molecule has 1 atom stereocenters. The van der Waals surface area contributed by atoms with Crippen LogP contribution in [0.5, 0.6) is 0 Å². The predicted octanol–water partition coefficient (Wildman–Crippen LogP) is 2.27. The number of aliphatic imine (C=N–C) groups is 1. The first-order valence-corrected chi connectivity index (χ1v) is 9.02. The minimum atomic E-state index is 0.330. The lowest BCUT2D eigenvalue weighted by Gasteiger charge is -2.33. The topological polar surface area (TPSA) is 46.1 Å². The molecule has 5 nitrogen and oxygen atoms in total. The van der Waals surface area contributed by atoms with Crippen molar-refractivity contribution in [2.75, 3.05) is 46.0 Å². The summed E-state index contributed by atoms with van der Waals surface area (Å²) in [5, 5.41) is 3.42. The average molecular weight is 311 g/mol. The van der Waals surface area contributed by atoms with Crippen molar-refractivity contribution in [2.45, 2.75) is 52.1 Å². The number of piperidine rings is 1. The number of nitrogens with zero attached hydrogens (tertiary/aromatic N) is 2. The Morgan fingerprint density at radius 1 is 1.32 bits per heavy atom. The maximum Gasteiger partial charge on any atom is 0.193 e. The highest BCUT2D eigenvalue weighted by atomic mass is 16.5. The molecule has 1 unspecified atom stereocenters. The third kappa shape index (κ3) is 6.13. The van der Waals surface area contributed by atoms with Crippen molar-refractivity contribution in [3.05, 3.63) is 0 Å². The molecule has 22 heavy (non-hydrogen) atoms. The molecule has 0 aromatic heterocycles. The van der Waals surface area contributed by atoms with E-state index in [9.17, 15) is 0 Å². The smallest absolute Gasteiger partial charge is 0.193 e. The molecule has 128 valence electrons. The predicted molar refractivity (Wildman–Crippen MR) is 90.4 cm³/mol. The second-order valence-electron chi connectivity index (χ2n) is 6.47. The van der Waals surface area contributed by atoms with Crippen LogP contribution in [0.2, 0.25) is 0 Å². The first-order valence-electron chi connectivity index (χ1n) is 9.02. The van der Waals surface area contributed by atoms with Crippen LogP contribution in [0.3, 0.4) is 0 Å². The highest BCUT2D eigenvalue weighted by molar-refractivity contribution is 5.80. The summed E-state index contributed by atoms with van der Waals surface area (Å²) in [5.74, 6) is 1.93. The quantitative estimate of drug-likeness (QED) is 0.445. The van der Waals surface area contributed by atoms with Gasteiger partial charge in [-0.15, -0.1) is 0 Å². The van der Waals surface area contributed by atoms with Gasteiger partial charge in [0.15, 0.2) is 5.96 Å². The van der Waals surface area contributed by atoms with Crippen LogP contribution in [0.4, 0.5) is 0 Å². The largest absolute Gasteiger partial charge is 0.379 e. The summed E-state index contributed by atoms with van der Waals surface area (Å²) in [6.45, 7) is 10.9. The maximum absolute atomic E-state index is 5.69. The van der Waals surface area contributed by atoms with E-state index in [-0.39, 0.29) is 0 Å². The third-order valence-electron chi connectivity index (χ3n) is 4.45. The van der Waals surface area contributed by atoms with Gasteiger partial charge in [-0.1, -0.05) is 6.92 Å². The van der Waals surface area contributed by atoms with E-state index in [1.807, 2.05) is 0 Å². The summed E-state index contributed by atoms with van der Waals surface area (Å²) >= 11 is 0.